The minimum Gasteiger partial charge on any atom is -0.272 e. The maximum absolute atomic E-state index is 13.6. The van der Waals surface area contributed by atoms with Crippen LogP contribution in [0, 0.1) is 22.7 Å². The van der Waals surface area contributed by atoms with Crippen LogP contribution in [0.15, 0.2) is 48.5 Å². The maximum Gasteiger partial charge on any atom is 0.247 e. The number of benzene rings is 2. The fraction of sp³-hybridized carbons (Fsp3) is 0.417. The van der Waals surface area contributed by atoms with E-state index in [1.54, 1.807) is 0 Å². The number of carbonyl (C=O) groups is 2. The molecular formula is C24H24N8O2. The Labute approximate surface area is 194 Å². The largest absolute Gasteiger partial charge is 0.272 e. The van der Waals surface area contributed by atoms with Gasteiger partial charge in [-0.3, -0.25) is 9.59 Å². The van der Waals surface area contributed by atoms with Gasteiger partial charge in [-0.1, -0.05) is 34.1 Å². The Morgan fingerprint density at radius 2 is 1.03 bits per heavy atom. The van der Waals surface area contributed by atoms with E-state index in [2.05, 4.69) is 31.2 Å². The van der Waals surface area contributed by atoms with E-state index in [1.165, 1.54) is 9.81 Å². The van der Waals surface area contributed by atoms with Gasteiger partial charge in [0, 0.05) is 0 Å². The van der Waals surface area contributed by atoms with E-state index in [-0.39, 0.29) is 11.8 Å². The minimum absolute atomic E-state index is 0.0953. The normalized spacial score (nSPS) is 29.5. The molecule has 2 amide bonds. The maximum atomic E-state index is 13.6. The molecule has 0 aliphatic heterocycles. The van der Waals surface area contributed by atoms with Crippen molar-refractivity contribution in [2.75, 3.05) is 10.9 Å². The SMILES string of the molecule is O=C(Nn1nc2ccccc2n1)C12CC3CC(C1)CC(C(=O)Nn1nc4ccccc4n1)(C3)C2. The molecule has 0 saturated heterocycles. The molecule has 2 N–H and O–H groups in total. The molecule has 2 heterocycles. The molecule has 4 aliphatic rings. The van der Waals surface area contributed by atoms with Gasteiger partial charge in [0.05, 0.1) is 10.8 Å². The summed E-state index contributed by atoms with van der Waals surface area (Å²) in [6, 6.07) is 15.0. The number of nitrogens with one attached hydrogen (secondary N) is 2. The lowest BCUT2D eigenvalue weighted by atomic mass is 9.43. The summed E-state index contributed by atoms with van der Waals surface area (Å²) in [6.07, 6.45) is 4.80. The van der Waals surface area contributed by atoms with E-state index in [9.17, 15) is 9.59 Å². The number of hydrogen-bond acceptors (Lipinski definition) is 6. The second kappa shape index (κ2) is 6.85. The van der Waals surface area contributed by atoms with Gasteiger partial charge in [-0.25, -0.2) is 10.9 Å². The number of fused-ring (bicyclic) bond motifs is 2. The molecule has 10 nitrogen and oxygen atoms in total. The molecule has 2 aromatic heterocycles. The molecule has 4 aromatic rings. The van der Waals surface area contributed by atoms with Gasteiger partial charge in [-0.2, -0.15) is 0 Å². The zero-order valence-corrected chi connectivity index (χ0v) is 18.5. The van der Waals surface area contributed by atoms with Gasteiger partial charge < -0.3 is 0 Å². The smallest absolute Gasteiger partial charge is 0.247 e. The van der Waals surface area contributed by atoms with Gasteiger partial charge in [0.1, 0.15) is 22.1 Å². The first-order chi connectivity index (χ1) is 16.5. The quantitative estimate of drug-likeness (QED) is 0.487. The molecule has 8 rings (SSSR count). The first-order valence-corrected chi connectivity index (χ1v) is 11.8. The summed E-state index contributed by atoms with van der Waals surface area (Å²) in [5.41, 5.74) is 7.53. The topological polar surface area (TPSA) is 120 Å². The van der Waals surface area contributed by atoms with Crippen molar-refractivity contribution >= 4 is 33.9 Å². The fourth-order valence-corrected chi connectivity index (χ4v) is 7.03. The van der Waals surface area contributed by atoms with Crippen LogP contribution in [0.1, 0.15) is 38.5 Å². The van der Waals surface area contributed by atoms with Gasteiger partial charge in [0.2, 0.25) is 11.8 Å². The van der Waals surface area contributed by atoms with Gasteiger partial charge in [0.15, 0.2) is 0 Å². The third kappa shape index (κ3) is 2.94. The monoisotopic (exact) mass is 456 g/mol. The Morgan fingerprint density at radius 3 is 1.38 bits per heavy atom. The van der Waals surface area contributed by atoms with Crippen molar-refractivity contribution in [1.29, 1.82) is 0 Å². The van der Waals surface area contributed by atoms with Gasteiger partial charge in [0.25, 0.3) is 0 Å². The van der Waals surface area contributed by atoms with Crippen LogP contribution in [0.2, 0.25) is 0 Å². The van der Waals surface area contributed by atoms with Crippen molar-refractivity contribution in [2.24, 2.45) is 22.7 Å². The van der Waals surface area contributed by atoms with Crippen LogP contribution in [0.4, 0.5) is 0 Å². The van der Waals surface area contributed by atoms with Crippen LogP contribution in [-0.2, 0) is 9.59 Å². The minimum atomic E-state index is -0.594. The molecular weight excluding hydrogens is 432 g/mol. The average molecular weight is 457 g/mol. The predicted molar refractivity (Wildman–Crippen MR) is 123 cm³/mol. The number of hydrogen-bond donors (Lipinski definition) is 2. The van der Waals surface area contributed by atoms with E-state index in [0.29, 0.717) is 18.3 Å². The van der Waals surface area contributed by atoms with Crippen molar-refractivity contribution in [3.8, 4) is 0 Å². The molecule has 0 unspecified atom stereocenters. The molecule has 10 heteroatoms. The Morgan fingerprint density at radius 1 is 0.676 bits per heavy atom. The number of carbonyl (C=O) groups excluding carboxylic acids is 2. The zero-order valence-electron chi connectivity index (χ0n) is 18.5. The van der Waals surface area contributed by atoms with Crippen LogP contribution in [0.5, 0.6) is 0 Å². The molecule has 0 atom stereocenters. The summed E-state index contributed by atoms with van der Waals surface area (Å²) in [5.74, 6) is 0.517. The first-order valence-electron chi connectivity index (χ1n) is 11.8. The van der Waals surface area contributed by atoms with Gasteiger partial charge in [-0.05, 0) is 74.6 Å². The molecule has 2 aromatic carbocycles. The van der Waals surface area contributed by atoms with Crippen LogP contribution < -0.4 is 10.9 Å². The van der Waals surface area contributed by atoms with E-state index in [1.807, 2.05) is 48.5 Å². The summed E-state index contributed by atoms with van der Waals surface area (Å²) in [6.45, 7) is 0. The summed E-state index contributed by atoms with van der Waals surface area (Å²) in [7, 11) is 0. The lowest BCUT2D eigenvalue weighted by molar-refractivity contribution is -0.162. The molecule has 172 valence electrons. The number of aromatic nitrogens is 6. The first kappa shape index (κ1) is 19.6. The van der Waals surface area contributed by atoms with Crippen LogP contribution >= 0.6 is 0 Å². The highest BCUT2D eigenvalue weighted by molar-refractivity contribution is 5.94. The fourth-order valence-electron chi connectivity index (χ4n) is 7.03. The third-order valence-electron chi connectivity index (χ3n) is 8.00. The average Bonchev–Trinajstić information content (AvgIpc) is 3.40. The second-order valence-corrected chi connectivity index (χ2v) is 10.4. The number of rotatable bonds is 4. The Balaban J connectivity index is 1.16. The van der Waals surface area contributed by atoms with Crippen LogP contribution in [0.3, 0.4) is 0 Å². The Bertz CT molecular complexity index is 1270. The second-order valence-electron chi connectivity index (χ2n) is 10.4. The van der Waals surface area contributed by atoms with Crippen molar-refractivity contribution in [1.82, 2.24) is 30.2 Å². The molecule has 34 heavy (non-hydrogen) atoms. The molecule has 4 fully saturated rings. The van der Waals surface area contributed by atoms with Crippen LogP contribution in [0.25, 0.3) is 22.1 Å². The molecule has 4 bridgehead atoms. The summed E-state index contributed by atoms with van der Waals surface area (Å²) >= 11 is 0. The predicted octanol–water partition coefficient (Wildman–Crippen LogP) is 2.60. The highest BCUT2D eigenvalue weighted by Crippen LogP contribution is 2.65. The molecule has 4 aliphatic carbocycles. The number of amides is 2. The lowest BCUT2D eigenvalue weighted by Gasteiger charge is -2.60. The Hall–Kier alpha value is -3.82. The third-order valence-corrected chi connectivity index (χ3v) is 8.00. The summed E-state index contributed by atoms with van der Waals surface area (Å²) in [4.78, 5) is 29.8. The standard InChI is InChI=1S/C24H24N8O2/c33-21(29-31-25-17-5-1-2-6-18(17)26-31)23-10-15-9-16(11-23)13-24(12-15,14-23)22(34)30-32-27-19-7-3-4-8-20(19)28-32/h1-8,15-16H,9-14H2,(H,29,33)(H,30,34). The van der Waals surface area contributed by atoms with E-state index < -0.39 is 10.8 Å². The van der Waals surface area contributed by atoms with Crippen molar-refractivity contribution in [3.63, 3.8) is 0 Å². The number of nitrogens with zero attached hydrogens (tertiary/aromatic N) is 6. The highest BCUT2D eigenvalue weighted by Gasteiger charge is 2.63. The van der Waals surface area contributed by atoms with E-state index in [4.69, 9.17) is 0 Å². The molecule has 0 spiro atoms. The van der Waals surface area contributed by atoms with Gasteiger partial charge >= 0.3 is 0 Å². The van der Waals surface area contributed by atoms with Crippen LogP contribution in [-0.4, -0.2) is 42.0 Å². The summed E-state index contributed by atoms with van der Waals surface area (Å²) in [5, 5.41) is 17.5. The molecule has 0 radical (unpaired) electrons. The highest BCUT2D eigenvalue weighted by atomic mass is 16.2. The summed E-state index contributed by atoms with van der Waals surface area (Å²) < 4.78 is 0. The van der Waals surface area contributed by atoms with E-state index >= 15 is 0 Å². The van der Waals surface area contributed by atoms with E-state index in [0.717, 1.165) is 54.2 Å². The van der Waals surface area contributed by atoms with Crippen molar-refractivity contribution < 1.29 is 9.59 Å². The zero-order chi connectivity index (χ0) is 22.9. The van der Waals surface area contributed by atoms with Crippen molar-refractivity contribution in [2.45, 2.75) is 38.5 Å². The lowest BCUT2D eigenvalue weighted by Crippen LogP contribution is -2.60. The Kier molecular flexibility index (Phi) is 3.95. The van der Waals surface area contributed by atoms with Crippen molar-refractivity contribution in [3.05, 3.63) is 48.5 Å². The van der Waals surface area contributed by atoms with Gasteiger partial charge in [-0.15, -0.1) is 20.4 Å². The molecule has 4 saturated carbocycles.